The molecular formula is C124H76S3. The van der Waals surface area contributed by atoms with Crippen molar-refractivity contribution in [3.8, 4) is 89.0 Å². The first-order valence-corrected chi connectivity index (χ1v) is 41.5. The summed E-state index contributed by atoms with van der Waals surface area (Å²) in [5.74, 6) is 0. The van der Waals surface area contributed by atoms with Gasteiger partial charge in [0, 0.05) is 60.5 Å². The van der Waals surface area contributed by atoms with Gasteiger partial charge in [0.25, 0.3) is 0 Å². The van der Waals surface area contributed by atoms with Crippen LogP contribution in [-0.4, -0.2) is 0 Å². The van der Waals surface area contributed by atoms with E-state index in [0.29, 0.717) is 33.6 Å². The van der Waals surface area contributed by atoms with E-state index in [2.05, 4.69) is 54.6 Å². The predicted octanol–water partition coefficient (Wildman–Crippen LogP) is 37.0. The van der Waals surface area contributed by atoms with Crippen molar-refractivity contribution in [3.05, 3.63) is 460 Å². The first kappa shape index (κ1) is 36.8. The molecule has 27 rings (SSSR count). The van der Waals surface area contributed by atoms with Crippen LogP contribution in [0.5, 0.6) is 0 Å². The Morgan fingerprint density at radius 1 is 0.134 bits per heavy atom. The van der Waals surface area contributed by atoms with Crippen molar-refractivity contribution >= 4 is 202 Å². The summed E-state index contributed by atoms with van der Waals surface area (Å²) in [7, 11) is 0. The fourth-order valence-electron chi connectivity index (χ4n) is 16.4. The normalized spacial score (nSPS) is 18.1. The number of thiophene rings is 3. The molecule has 0 radical (unpaired) electrons. The Balaban J connectivity index is 0.000000137. The van der Waals surface area contributed by atoms with Crippen LogP contribution in [0.15, 0.2) is 460 Å². The van der Waals surface area contributed by atoms with Gasteiger partial charge >= 0.3 is 0 Å². The third-order valence-corrected chi connectivity index (χ3v) is 25.2. The summed E-state index contributed by atoms with van der Waals surface area (Å²) in [6, 6.07) is -4.09. The van der Waals surface area contributed by atoms with Gasteiger partial charge in [0.15, 0.2) is 0 Å². The van der Waals surface area contributed by atoms with Crippen LogP contribution >= 0.6 is 34.0 Å². The molecule has 3 heteroatoms. The molecule has 0 saturated heterocycles. The smallest absolute Gasteiger partial charge is 0.0644 e. The van der Waals surface area contributed by atoms with E-state index in [1.165, 1.54) is 37.0 Å². The van der Waals surface area contributed by atoms with Gasteiger partial charge in [-0.05, 0) is 257 Å². The van der Waals surface area contributed by atoms with Gasteiger partial charge in [0.2, 0.25) is 0 Å². The van der Waals surface area contributed by atoms with Crippen LogP contribution in [0.1, 0.15) is 78.1 Å². The SMILES string of the molecule is [2H]c1c([2H])c([2H])c(-c2c3c([2H])c([2H])c([2H])c([2H])c3c(-c3c([2H])c([2H])c(-c4c([2H])c([2H])c5c(sc6c([2H])c7c([2H])c([2H])c([2H])c([2H])c7c([2H])c65)c4[2H])c([2H])c3[2H])c3c([2H])c([2H])c([2H])c([2H])c23)c([2H])c1[2H].[2H]c1c([2H])c([2H])c2c(-c3ccc(-c4ccc5c(c4)sc4cc6ccccc6cc45)cc3)c3c([2H])c([2H])c([2H])c([2H])c3c(-c3ccccc3)c2c1[2H].[2H]c1c([2H])c([2H])c2c([2H])c(-c3c4c([2H])c([2H])c([2H])c([2H])c4c(-c4cc5sc6c([2H])c7c([2H])c([2H])c([2H])c([2H])c7c([2H])c6c5c([2H])c4[2H])c4c([2H])c([2H])c([2H])c([2H])c34)c([2H])c([2H])c2c1[2H]. The van der Waals surface area contributed by atoms with Gasteiger partial charge < -0.3 is 0 Å². The molecule has 0 aliphatic heterocycles. The number of fused-ring (bicyclic) bond motifs is 19. The molecule has 0 saturated carbocycles. The number of hydrogen-bond acceptors (Lipinski definition) is 3. The highest BCUT2D eigenvalue weighted by Gasteiger charge is 2.23. The molecule has 0 spiro atoms. The van der Waals surface area contributed by atoms with Crippen LogP contribution in [0.2, 0.25) is 0 Å². The maximum atomic E-state index is 9.49. The van der Waals surface area contributed by atoms with Gasteiger partial charge in [-0.3, -0.25) is 0 Å². The molecule has 0 atom stereocenters. The van der Waals surface area contributed by atoms with E-state index in [9.17, 15) is 21.9 Å². The van der Waals surface area contributed by atoms with Crippen LogP contribution in [0.4, 0.5) is 0 Å². The lowest BCUT2D eigenvalue weighted by Gasteiger charge is -2.18. The maximum absolute atomic E-state index is 9.49. The molecule has 590 valence electrons. The van der Waals surface area contributed by atoms with Gasteiger partial charge in [0.1, 0.15) is 0 Å². The van der Waals surface area contributed by atoms with Gasteiger partial charge in [-0.1, -0.05) is 399 Å². The largest absolute Gasteiger partial charge is 0.135 e. The Labute approximate surface area is 826 Å². The van der Waals surface area contributed by atoms with Gasteiger partial charge in [0.05, 0.1) is 78.1 Å². The highest BCUT2D eigenvalue weighted by molar-refractivity contribution is 7.26. The van der Waals surface area contributed by atoms with Crippen molar-refractivity contribution in [1.29, 1.82) is 0 Å². The second kappa shape index (κ2) is 30.8. The zero-order chi connectivity index (χ0) is 133. The van der Waals surface area contributed by atoms with E-state index in [4.69, 9.17) is 56.2 Å². The van der Waals surface area contributed by atoms with E-state index in [1.807, 2.05) is 30.3 Å². The van der Waals surface area contributed by atoms with Gasteiger partial charge in [-0.15, -0.1) is 34.0 Å². The summed E-state index contributed by atoms with van der Waals surface area (Å²) in [5.41, 5.74) is -2.32. The Kier molecular flexibility index (Phi) is 8.91. The monoisotopic (exact) mass is 1720 g/mol. The number of benzene rings is 24. The molecule has 0 fully saturated rings. The molecule has 127 heavy (non-hydrogen) atoms. The van der Waals surface area contributed by atoms with Gasteiger partial charge in [-0.2, -0.15) is 0 Å². The van der Waals surface area contributed by atoms with Crippen LogP contribution in [0.25, 0.3) is 257 Å². The zero-order valence-electron chi connectivity index (χ0n) is 122. The lowest BCUT2D eigenvalue weighted by atomic mass is 9.85. The van der Waals surface area contributed by atoms with Crippen molar-refractivity contribution in [3.63, 3.8) is 0 Å². The zero-order valence-corrected chi connectivity index (χ0v) is 67.1. The fraction of sp³-hybridized carbons (Fsp3) is 0. The molecule has 0 aliphatic rings. The van der Waals surface area contributed by atoms with Crippen molar-refractivity contribution < 1.29 is 78.1 Å². The lowest BCUT2D eigenvalue weighted by Crippen LogP contribution is -1.90. The third kappa shape index (κ3) is 12.8. The molecule has 0 aliphatic carbocycles. The molecule has 0 bridgehead atoms. The fourth-order valence-corrected chi connectivity index (χ4v) is 19.7. The Morgan fingerprint density at radius 3 is 0.976 bits per heavy atom. The van der Waals surface area contributed by atoms with Crippen LogP contribution in [0, 0.1) is 0 Å². The summed E-state index contributed by atoms with van der Waals surface area (Å²) in [5, 5.41) is -1.86. The summed E-state index contributed by atoms with van der Waals surface area (Å²) in [6.07, 6.45) is 0. The highest BCUT2D eigenvalue weighted by Crippen LogP contribution is 2.51. The van der Waals surface area contributed by atoms with E-state index >= 15 is 0 Å². The van der Waals surface area contributed by atoms with E-state index in [0.717, 1.165) is 22.5 Å². The summed E-state index contributed by atoms with van der Waals surface area (Å²) >= 11 is 3.25. The molecular weight excluding hydrogens is 1590 g/mol. The minimum atomic E-state index is -1.03. The van der Waals surface area contributed by atoms with Crippen molar-refractivity contribution in [1.82, 2.24) is 0 Å². The number of hydrogen-bond donors (Lipinski definition) is 0. The standard InChI is InChI=1S/2C42H26S.C40H24S/c2*1-2-10-28(11-3-1)41-34-14-6-8-16-36(34)42(37-17-9-7-15-35(37)41)29-20-18-27(19-21-29)32-22-23-33-38-24-30-12-4-5-13-31(30)25-40(38)43-39(33)26-32;1-2-10-26-21-29(18-17-25(26)9-1)39-32-13-5-7-15-34(32)40(35-16-8-6-14-33(35)39)30-19-20-31-36-22-27-11-3-4-12-28(27)23-38(36)41-37(31)24-30/h2*1-26H;1-24H/i1D,2D,3D,4D,5D,6D,7D,8D,9D,10D,11D,12D,13D,14D,15D,16D,17D,18D,19D,20D,21D,22D,23D,24D,25D,26D;6D,7D,8D,9D,14D,15D,16D,17D;1D,2D,3D,4D,5D,6D,7D,8D,9D,10D,11D,12D,13D,14D,15D,16D,17D,18D,19D,20D,21D,22D,23D. The second-order valence-electron chi connectivity index (χ2n) is 29.1. The minimum Gasteiger partial charge on any atom is -0.135 e. The first-order chi connectivity index (χ1) is 86.7. The molecule has 3 heterocycles. The molecule has 24 aromatic carbocycles. The highest BCUT2D eigenvalue weighted by atomic mass is 32.1. The van der Waals surface area contributed by atoms with E-state index in [-0.39, 0.29) is 113 Å². The molecule has 3 aromatic heterocycles. The van der Waals surface area contributed by atoms with Crippen molar-refractivity contribution in [2.45, 2.75) is 0 Å². The topological polar surface area (TPSA) is 0 Å². The van der Waals surface area contributed by atoms with Crippen LogP contribution < -0.4 is 0 Å². The minimum absolute atomic E-state index is 0.0166. The second-order valence-corrected chi connectivity index (χ2v) is 32.2. The average Bonchev–Trinajstić information content (AvgIpc) is 0.987. The Morgan fingerprint density at radius 2 is 0.457 bits per heavy atom. The van der Waals surface area contributed by atoms with Crippen molar-refractivity contribution in [2.24, 2.45) is 0 Å². The van der Waals surface area contributed by atoms with E-state index in [1.54, 1.807) is 35.6 Å². The molecule has 0 nitrogen and oxygen atoms in total. The molecule has 0 amide bonds. The van der Waals surface area contributed by atoms with Crippen LogP contribution in [-0.2, 0) is 0 Å². The molecule has 0 unspecified atom stereocenters. The Bertz CT molecular complexity index is 12600. The number of rotatable bonds is 8. The summed E-state index contributed by atoms with van der Waals surface area (Å²) < 4.78 is 509. The summed E-state index contributed by atoms with van der Waals surface area (Å²) in [6.45, 7) is 0. The van der Waals surface area contributed by atoms with E-state index < -0.39 is 424 Å². The maximum Gasteiger partial charge on any atom is 0.0644 e. The van der Waals surface area contributed by atoms with Gasteiger partial charge in [-0.25, -0.2) is 0 Å². The van der Waals surface area contributed by atoms with Crippen molar-refractivity contribution in [2.75, 3.05) is 0 Å². The molecule has 27 aromatic rings. The summed E-state index contributed by atoms with van der Waals surface area (Å²) in [4.78, 5) is 0. The quantitative estimate of drug-likeness (QED) is 0.133. The first-order valence-electron chi connectivity index (χ1n) is 67.5. The third-order valence-electron chi connectivity index (χ3n) is 22.0. The molecule has 0 N–H and O–H groups in total. The Hall–Kier alpha value is -15.5. The van der Waals surface area contributed by atoms with Crippen LogP contribution in [0.3, 0.4) is 0 Å². The predicted molar refractivity (Wildman–Crippen MR) is 557 cm³/mol. The lowest BCUT2D eigenvalue weighted by molar-refractivity contribution is 1.63. The average molecular weight is 1720 g/mol.